The van der Waals surface area contributed by atoms with Crippen LogP contribution in [-0.4, -0.2) is 32.3 Å². The summed E-state index contributed by atoms with van der Waals surface area (Å²) in [6.45, 7) is 4.63. The van der Waals surface area contributed by atoms with Crippen molar-refractivity contribution in [3.05, 3.63) is 52.6 Å². The number of nitrogens with one attached hydrogen (secondary N) is 1. The van der Waals surface area contributed by atoms with Crippen molar-refractivity contribution in [2.24, 2.45) is 7.05 Å². The molecule has 0 aliphatic heterocycles. The first-order chi connectivity index (χ1) is 12.0. The number of amides is 1. The standard InChI is InChI=1S/C17H19N5O2S/c1-11-4-5-13(10-12(11)2)24-9-6-14-20-21-17(25-14)19-16(23)15-18-7-8-22(15)3/h4-5,7-8,10H,6,9H2,1-3H3,(H,19,21,23). The molecule has 130 valence electrons. The third kappa shape index (κ3) is 4.21. The summed E-state index contributed by atoms with van der Waals surface area (Å²) in [4.78, 5) is 16.1. The molecule has 3 aromatic rings. The fraction of sp³-hybridized carbons (Fsp3) is 0.294. The Morgan fingerprint density at radius 3 is 2.84 bits per heavy atom. The number of ether oxygens (including phenoxy) is 1. The molecule has 0 aliphatic rings. The number of rotatable bonds is 6. The lowest BCUT2D eigenvalue weighted by Gasteiger charge is -2.07. The Labute approximate surface area is 149 Å². The molecule has 0 spiro atoms. The maximum atomic E-state index is 12.1. The van der Waals surface area contributed by atoms with E-state index < -0.39 is 0 Å². The number of imidazole rings is 1. The first-order valence-corrected chi connectivity index (χ1v) is 8.65. The summed E-state index contributed by atoms with van der Waals surface area (Å²) in [6.07, 6.45) is 3.91. The van der Waals surface area contributed by atoms with E-state index in [1.54, 1.807) is 24.0 Å². The van der Waals surface area contributed by atoms with Gasteiger partial charge in [0.05, 0.1) is 6.61 Å². The highest BCUT2D eigenvalue weighted by atomic mass is 32.1. The highest BCUT2D eigenvalue weighted by molar-refractivity contribution is 7.15. The molecule has 0 radical (unpaired) electrons. The van der Waals surface area contributed by atoms with Crippen molar-refractivity contribution in [3.8, 4) is 5.75 Å². The fourth-order valence-electron chi connectivity index (χ4n) is 2.20. The number of aryl methyl sites for hydroxylation is 3. The summed E-state index contributed by atoms with van der Waals surface area (Å²) >= 11 is 1.33. The van der Waals surface area contributed by atoms with E-state index >= 15 is 0 Å². The van der Waals surface area contributed by atoms with Gasteiger partial charge in [-0.25, -0.2) is 4.98 Å². The zero-order chi connectivity index (χ0) is 17.8. The Morgan fingerprint density at radius 2 is 2.12 bits per heavy atom. The molecule has 8 heteroatoms. The molecule has 0 atom stereocenters. The van der Waals surface area contributed by atoms with Crippen molar-refractivity contribution in [2.75, 3.05) is 11.9 Å². The van der Waals surface area contributed by atoms with Crippen LogP contribution in [0.5, 0.6) is 5.75 Å². The van der Waals surface area contributed by atoms with Crippen molar-refractivity contribution in [1.82, 2.24) is 19.7 Å². The number of aromatic nitrogens is 4. The van der Waals surface area contributed by atoms with Crippen LogP contribution in [0.25, 0.3) is 0 Å². The number of carbonyl (C=O) groups is 1. The Morgan fingerprint density at radius 1 is 1.28 bits per heavy atom. The van der Waals surface area contributed by atoms with Gasteiger partial charge in [-0.3, -0.25) is 10.1 Å². The Hall–Kier alpha value is -2.74. The third-order valence-corrected chi connectivity index (χ3v) is 4.67. The molecule has 0 fully saturated rings. The fourth-order valence-corrected chi connectivity index (χ4v) is 2.92. The lowest BCUT2D eigenvalue weighted by molar-refractivity contribution is 0.101. The molecule has 2 heterocycles. The van der Waals surface area contributed by atoms with E-state index in [1.165, 1.54) is 22.5 Å². The molecular formula is C17H19N5O2S. The van der Waals surface area contributed by atoms with Gasteiger partial charge in [-0.15, -0.1) is 10.2 Å². The van der Waals surface area contributed by atoms with Gasteiger partial charge in [-0.05, 0) is 37.1 Å². The van der Waals surface area contributed by atoms with Crippen molar-refractivity contribution < 1.29 is 9.53 Å². The van der Waals surface area contributed by atoms with Gasteiger partial charge in [-0.1, -0.05) is 17.4 Å². The molecule has 0 aliphatic carbocycles. The number of hydrogen-bond acceptors (Lipinski definition) is 6. The summed E-state index contributed by atoms with van der Waals surface area (Å²) in [5.74, 6) is 0.868. The molecule has 0 unspecified atom stereocenters. The first-order valence-electron chi connectivity index (χ1n) is 7.84. The number of nitrogens with zero attached hydrogens (tertiary/aromatic N) is 4. The van der Waals surface area contributed by atoms with Gasteiger partial charge in [0, 0.05) is 25.9 Å². The lowest BCUT2D eigenvalue weighted by atomic mass is 10.1. The molecule has 7 nitrogen and oxygen atoms in total. The van der Waals surface area contributed by atoms with Crippen LogP contribution in [0.4, 0.5) is 5.13 Å². The predicted molar refractivity (Wildman–Crippen MR) is 96.2 cm³/mol. The van der Waals surface area contributed by atoms with Crippen LogP contribution in [0.3, 0.4) is 0 Å². The van der Waals surface area contributed by atoms with Crippen molar-refractivity contribution in [3.63, 3.8) is 0 Å². The minimum atomic E-state index is -0.304. The quantitative estimate of drug-likeness (QED) is 0.733. The summed E-state index contributed by atoms with van der Waals surface area (Å²) in [5.41, 5.74) is 2.44. The van der Waals surface area contributed by atoms with E-state index in [0.29, 0.717) is 24.0 Å². The second-order valence-corrected chi connectivity index (χ2v) is 6.72. The second-order valence-electron chi connectivity index (χ2n) is 5.66. The summed E-state index contributed by atoms with van der Waals surface area (Å²) in [6, 6.07) is 6.02. The minimum Gasteiger partial charge on any atom is -0.493 e. The van der Waals surface area contributed by atoms with Crippen molar-refractivity contribution in [2.45, 2.75) is 20.3 Å². The van der Waals surface area contributed by atoms with Crippen LogP contribution in [0.15, 0.2) is 30.6 Å². The number of carbonyl (C=O) groups excluding carboxylic acids is 1. The molecule has 0 saturated heterocycles. The SMILES string of the molecule is Cc1ccc(OCCc2nnc(NC(=O)c3nccn3C)s2)cc1C. The van der Waals surface area contributed by atoms with Gasteiger partial charge in [-0.2, -0.15) is 0 Å². The van der Waals surface area contributed by atoms with Crippen LogP contribution in [0, 0.1) is 13.8 Å². The Balaban J connectivity index is 1.52. The van der Waals surface area contributed by atoms with Gasteiger partial charge in [0.1, 0.15) is 10.8 Å². The maximum Gasteiger partial charge on any atom is 0.293 e. The molecule has 1 amide bonds. The first kappa shape index (κ1) is 17.1. The topological polar surface area (TPSA) is 81.9 Å². The monoisotopic (exact) mass is 357 g/mol. The average molecular weight is 357 g/mol. The summed E-state index contributed by atoms with van der Waals surface area (Å²) in [7, 11) is 1.76. The Bertz CT molecular complexity index is 887. The number of anilines is 1. The van der Waals surface area contributed by atoms with Crippen LogP contribution < -0.4 is 10.1 Å². The molecular weight excluding hydrogens is 338 g/mol. The normalized spacial score (nSPS) is 10.7. The van der Waals surface area contributed by atoms with Gasteiger partial charge in [0.2, 0.25) is 5.13 Å². The highest BCUT2D eigenvalue weighted by Gasteiger charge is 2.13. The van der Waals surface area contributed by atoms with E-state index in [-0.39, 0.29) is 5.91 Å². The van der Waals surface area contributed by atoms with Crippen LogP contribution in [-0.2, 0) is 13.5 Å². The van der Waals surface area contributed by atoms with Crippen molar-refractivity contribution >= 4 is 22.4 Å². The molecule has 3 rings (SSSR count). The highest BCUT2D eigenvalue weighted by Crippen LogP contribution is 2.19. The van der Waals surface area contributed by atoms with E-state index in [4.69, 9.17) is 4.74 Å². The van der Waals surface area contributed by atoms with E-state index in [9.17, 15) is 4.79 Å². The van der Waals surface area contributed by atoms with Crippen molar-refractivity contribution in [1.29, 1.82) is 0 Å². The van der Waals surface area contributed by atoms with Crippen LogP contribution in [0.1, 0.15) is 26.8 Å². The van der Waals surface area contributed by atoms with Gasteiger partial charge in [0.25, 0.3) is 5.91 Å². The van der Waals surface area contributed by atoms with Gasteiger partial charge < -0.3 is 9.30 Å². The smallest absolute Gasteiger partial charge is 0.293 e. The molecule has 2 aromatic heterocycles. The van der Waals surface area contributed by atoms with E-state index in [2.05, 4.69) is 34.3 Å². The van der Waals surface area contributed by atoms with Crippen LogP contribution >= 0.6 is 11.3 Å². The second kappa shape index (κ2) is 7.43. The van der Waals surface area contributed by atoms with Gasteiger partial charge >= 0.3 is 0 Å². The zero-order valence-corrected chi connectivity index (χ0v) is 15.1. The van der Waals surface area contributed by atoms with Crippen LogP contribution in [0.2, 0.25) is 0 Å². The molecule has 1 N–H and O–H groups in total. The molecule has 1 aromatic carbocycles. The molecule has 0 bridgehead atoms. The third-order valence-electron chi connectivity index (χ3n) is 3.77. The minimum absolute atomic E-state index is 0.304. The zero-order valence-electron chi connectivity index (χ0n) is 14.3. The Kier molecular flexibility index (Phi) is 5.08. The van der Waals surface area contributed by atoms with Gasteiger partial charge in [0.15, 0.2) is 5.82 Å². The lowest BCUT2D eigenvalue weighted by Crippen LogP contribution is -2.16. The molecule has 0 saturated carbocycles. The average Bonchev–Trinajstić information content (AvgIpc) is 3.20. The van der Waals surface area contributed by atoms with E-state index in [1.807, 2.05) is 18.2 Å². The predicted octanol–water partition coefficient (Wildman–Crippen LogP) is 2.76. The largest absolute Gasteiger partial charge is 0.493 e. The maximum absolute atomic E-state index is 12.1. The number of hydrogen-bond donors (Lipinski definition) is 1. The number of benzene rings is 1. The molecule has 25 heavy (non-hydrogen) atoms. The summed E-state index contributed by atoms with van der Waals surface area (Å²) < 4.78 is 7.40. The van der Waals surface area contributed by atoms with E-state index in [0.717, 1.165) is 10.8 Å². The summed E-state index contributed by atoms with van der Waals surface area (Å²) in [5, 5.41) is 12.0.